The quantitative estimate of drug-likeness (QED) is 0.246. The SMILES string of the molecule is O=C(O)CC[C@H](NC(=O)c1ccc(CNc2ccc(/C=C3\SC(=S)NC3=O)cc2)cc1)C(=O)O. The summed E-state index contributed by atoms with van der Waals surface area (Å²) in [6.07, 6.45) is 1.21. The second kappa shape index (κ2) is 11.4. The number of thioether (sulfide) groups is 1. The fourth-order valence-corrected chi connectivity index (χ4v) is 4.06. The van der Waals surface area contributed by atoms with E-state index in [1.54, 1.807) is 30.3 Å². The first-order chi connectivity index (χ1) is 16.2. The number of carboxylic acids is 2. The lowest BCUT2D eigenvalue weighted by atomic mass is 10.1. The molecule has 176 valence electrons. The molecule has 34 heavy (non-hydrogen) atoms. The third-order valence-electron chi connectivity index (χ3n) is 4.81. The lowest BCUT2D eigenvalue weighted by Gasteiger charge is -2.14. The van der Waals surface area contributed by atoms with Crippen LogP contribution in [0.5, 0.6) is 0 Å². The Morgan fingerprint density at radius 2 is 1.74 bits per heavy atom. The van der Waals surface area contributed by atoms with Gasteiger partial charge in [-0.15, -0.1) is 0 Å². The Hall–Kier alpha value is -3.70. The van der Waals surface area contributed by atoms with Gasteiger partial charge in [-0.2, -0.15) is 0 Å². The number of aliphatic carboxylic acids is 2. The fourth-order valence-electron chi connectivity index (χ4n) is 3.01. The highest BCUT2D eigenvalue weighted by Gasteiger charge is 2.22. The van der Waals surface area contributed by atoms with Gasteiger partial charge in [0.25, 0.3) is 11.8 Å². The van der Waals surface area contributed by atoms with E-state index in [-0.39, 0.29) is 24.3 Å². The Kier molecular flexibility index (Phi) is 8.39. The summed E-state index contributed by atoms with van der Waals surface area (Å²) >= 11 is 6.20. The molecule has 11 heteroatoms. The molecule has 0 aliphatic carbocycles. The van der Waals surface area contributed by atoms with E-state index < -0.39 is 23.9 Å². The number of hydrogen-bond acceptors (Lipinski definition) is 7. The van der Waals surface area contributed by atoms with Crippen molar-refractivity contribution in [3.05, 3.63) is 70.1 Å². The van der Waals surface area contributed by atoms with Crippen LogP contribution in [0.3, 0.4) is 0 Å². The van der Waals surface area contributed by atoms with Gasteiger partial charge in [-0.3, -0.25) is 14.4 Å². The van der Waals surface area contributed by atoms with E-state index in [0.717, 1.165) is 16.8 Å². The monoisotopic (exact) mass is 499 g/mol. The number of hydrogen-bond donors (Lipinski definition) is 5. The summed E-state index contributed by atoms with van der Waals surface area (Å²) in [6, 6.07) is 12.9. The van der Waals surface area contributed by atoms with Crippen molar-refractivity contribution in [1.82, 2.24) is 10.6 Å². The van der Waals surface area contributed by atoms with Gasteiger partial charge in [-0.1, -0.05) is 48.2 Å². The van der Waals surface area contributed by atoms with E-state index in [9.17, 15) is 24.3 Å². The van der Waals surface area contributed by atoms with Gasteiger partial charge in [0, 0.05) is 24.2 Å². The number of thiocarbonyl (C=S) groups is 1. The van der Waals surface area contributed by atoms with Crippen LogP contribution in [-0.2, 0) is 20.9 Å². The molecule has 0 aromatic heterocycles. The van der Waals surface area contributed by atoms with Gasteiger partial charge in [-0.25, -0.2) is 4.79 Å². The third kappa shape index (κ3) is 7.15. The van der Waals surface area contributed by atoms with E-state index in [1.165, 1.54) is 11.8 Å². The van der Waals surface area contributed by atoms with Crippen LogP contribution in [0.1, 0.15) is 34.3 Å². The highest BCUT2D eigenvalue weighted by atomic mass is 32.2. The number of nitrogens with one attached hydrogen (secondary N) is 3. The second-order valence-corrected chi connectivity index (χ2v) is 9.04. The zero-order valence-corrected chi connectivity index (χ0v) is 19.4. The Bertz CT molecular complexity index is 1150. The number of rotatable bonds is 10. The van der Waals surface area contributed by atoms with Crippen LogP contribution in [-0.4, -0.2) is 44.3 Å². The van der Waals surface area contributed by atoms with Crippen LogP contribution >= 0.6 is 24.0 Å². The number of anilines is 1. The molecule has 2 amide bonds. The van der Waals surface area contributed by atoms with Crippen LogP contribution in [0, 0.1) is 0 Å². The standard InChI is InChI=1S/C23H21N3O6S2/c27-19(28)10-9-17(22(31)32)25-20(29)15-5-1-14(2-6-15)12-24-16-7-3-13(4-8-16)11-18-21(30)26-23(33)34-18/h1-8,11,17,24H,9-10,12H2,(H,25,29)(H,27,28)(H,31,32)(H,26,30,33)/b18-11-/t17-/m0/s1. The summed E-state index contributed by atoms with van der Waals surface area (Å²) in [5.74, 6) is -3.20. The molecule has 1 aliphatic rings. The molecule has 0 saturated carbocycles. The summed E-state index contributed by atoms with van der Waals surface area (Å²) in [5, 5.41) is 26.1. The van der Waals surface area contributed by atoms with Crippen LogP contribution in [0.25, 0.3) is 6.08 Å². The number of carbonyl (C=O) groups is 4. The molecular formula is C23H21N3O6S2. The van der Waals surface area contributed by atoms with Crippen LogP contribution in [0.15, 0.2) is 53.4 Å². The molecule has 3 rings (SSSR count). The smallest absolute Gasteiger partial charge is 0.326 e. The average Bonchev–Trinajstić information content (AvgIpc) is 3.12. The van der Waals surface area contributed by atoms with Crippen LogP contribution in [0.2, 0.25) is 0 Å². The number of carbonyl (C=O) groups excluding carboxylic acids is 2. The summed E-state index contributed by atoms with van der Waals surface area (Å²) < 4.78 is 0.443. The zero-order valence-electron chi connectivity index (χ0n) is 17.7. The van der Waals surface area contributed by atoms with Crippen LogP contribution in [0.4, 0.5) is 5.69 Å². The van der Waals surface area contributed by atoms with Crippen molar-refractivity contribution in [3.63, 3.8) is 0 Å². The molecule has 9 nitrogen and oxygen atoms in total. The number of benzene rings is 2. The minimum Gasteiger partial charge on any atom is -0.481 e. The summed E-state index contributed by atoms with van der Waals surface area (Å²) in [5.41, 5.74) is 2.91. The first-order valence-corrected chi connectivity index (χ1v) is 11.4. The van der Waals surface area contributed by atoms with E-state index >= 15 is 0 Å². The lowest BCUT2D eigenvalue weighted by molar-refractivity contribution is -0.140. The van der Waals surface area contributed by atoms with Gasteiger partial charge in [0.2, 0.25) is 0 Å². The molecule has 5 N–H and O–H groups in total. The molecule has 0 radical (unpaired) electrons. The molecule has 2 aromatic rings. The minimum absolute atomic E-state index is 0.201. The van der Waals surface area contributed by atoms with Gasteiger partial charge in [0.15, 0.2) is 0 Å². The van der Waals surface area contributed by atoms with Gasteiger partial charge >= 0.3 is 11.9 Å². The average molecular weight is 500 g/mol. The van der Waals surface area contributed by atoms with Gasteiger partial charge < -0.3 is 26.2 Å². The Balaban J connectivity index is 1.53. The van der Waals surface area contributed by atoms with Crippen molar-refractivity contribution in [2.45, 2.75) is 25.4 Å². The maximum absolute atomic E-state index is 12.3. The summed E-state index contributed by atoms with van der Waals surface area (Å²) in [4.78, 5) is 46.5. The highest BCUT2D eigenvalue weighted by Crippen LogP contribution is 2.26. The lowest BCUT2D eigenvalue weighted by Crippen LogP contribution is -2.41. The maximum atomic E-state index is 12.3. The summed E-state index contributed by atoms with van der Waals surface area (Å²) in [6.45, 7) is 0.491. The van der Waals surface area contributed by atoms with E-state index in [1.807, 2.05) is 24.3 Å². The van der Waals surface area contributed by atoms with E-state index in [4.69, 9.17) is 17.3 Å². The van der Waals surface area contributed by atoms with E-state index in [2.05, 4.69) is 16.0 Å². The Morgan fingerprint density at radius 3 is 2.29 bits per heavy atom. The molecule has 0 bridgehead atoms. The highest BCUT2D eigenvalue weighted by molar-refractivity contribution is 8.26. The largest absolute Gasteiger partial charge is 0.481 e. The molecule has 1 heterocycles. The topological polar surface area (TPSA) is 145 Å². The first kappa shape index (κ1) is 24.9. The summed E-state index contributed by atoms with van der Waals surface area (Å²) in [7, 11) is 0. The predicted molar refractivity (Wildman–Crippen MR) is 132 cm³/mol. The number of carboxylic acid groups (broad SMARTS) is 2. The van der Waals surface area contributed by atoms with Crippen molar-refractivity contribution >= 4 is 63.8 Å². The van der Waals surface area contributed by atoms with Crippen molar-refractivity contribution < 1.29 is 29.4 Å². The molecule has 0 unspecified atom stereocenters. The zero-order chi connectivity index (χ0) is 24.7. The van der Waals surface area contributed by atoms with Crippen molar-refractivity contribution in [2.24, 2.45) is 0 Å². The normalized spacial score (nSPS) is 15.0. The fraction of sp³-hybridized carbons (Fsp3) is 0.174. The second-order valence-electron chi connectivity index (χ2n) is 7.32. The van der Waals surface area contributed by atoms with Crippen molar-refractivity contribution in [1.29, 1.82) is 0 Å². The maximum Gasteiger partial charge on any atom is 0.326 e. The Morgan fingerprint density at radius 1 is 1.06 bits per heavy atom. The Labute approximate surface area is 204 Å². The van der Waals surface area contributed by atoms with Gasteiger partial charge in [-0.05, 0) is 47.9 Å². The number of amides is 2. The van der Waals surface area contributed by atoms with E-state index in [0.29, 0.717) is 15.8 Å². The van der Waals surface area contributed by atoms with Gasteiger partial charge in [0.1, 0.15) is 10.4 Å². The molecule has 1 saturated heterocycles. The van der Waals surface area contributed by atoms with Crippen molar-refractivity contribution in [3.8, 4) is 0 Å². The molecule has 0 spiro atoms. The molecule has 1 aliphatic heterocycles. The molecule has 1 atom stereocenters. The minimum atomic E-state index is -1.29. The molecule has 1 fully saturated rings. The van der Waals surface area contributed by atoms with Crippen molar-refractivity contribution in [2.75, 3.05) is 5.32 Å². The van der Waals surface area contributed by atoms with Crippen LogP contribution < -0.4 is 16.0 Å². The molecule has 2 aromatic carbocycles. The van der Waals surface area contributed by atoms with Gasteiger partial charge in [0.05, 0.1) is 4.91 Å². The third-order valence-corrected chi connectivity index (χ3v) is 5.98. The first-order valence-electron chi connectivity index (χ1n) is 10.1. The molecular weight excluding hydrogens is 478 g/mol. The predicted octanol–water partition coefficient (Wildman–Crippen LogP) is 2.84.